The smallest absolute Gasteiger partial charge is 0.335 e. The van der Waals surface area contributed by atoms with Crippen LogP contribution in [-0.4, -0.2) is 29.6 Å². The molecule has 0 aliphatic heterocycles. The van der Waals surface area contributed by atoms with E-state index in [1.165, 1.54) is 12.1 Å². The maximum absolute atomic E-state index is 11.4. The summed E-state index contributed by atoms with van der Waals surface area (Å²) in [4.78, 5) is 22.2. The normalized spacial score (nSPS) is 14.1. The van der Waals surface area contributed by atoms with Gasteiger partial charge >= 0.3 is 5.97 Å². The van der Waals surface area contributed by atoms with Crippen molar-refractivity contribution in [2.75, 3.05) is 6.61 Å². The van der Waals surface area contributed by atoms with E-state index >= 15 is 0 Å². The average Bonchev–Trinajstić information content (AvgIpc) is 3.11. The van der Waals surface area contributed by atoms with Crippen LogP contribution in [0.25, 0.3) is 0 Å². The van der Waals surface area contributed by atoms with Gasteiger partial charge in [-0.15, -0.1) is 0 Å². The zero-order valence-corrected chi connectivity index (χ0v) is 11.1. The summed E-state index contributed by atoms with van der Waals surface area (Å²) in [6.07, 6.45) is 2.04. The van der Waals surface area contributed by atoms with Crippen molar-refractivity contribution in [2.45, 2.75) is 18.9 Å². The highest BCUT2D eigenvalue weighted by Gasteiger charge is 2.23. The first-order chi connectivity index (χ1) is 8.56. The van der Waals surface area contributed by atoms with Crippen LogP contribution >= 0.6 is 15.9 Å². The molecule has 6 heteroatoms. The number of ether oxygens (including phenoxy) is 1. The first-order valence-corrected chi connectivity index (χ1v) is 6.30. The van der Waals surface area contributed by atoms with Gasteiger partial charge in [0.2, 0.25) is 0 Å². The van der Waals surface area contributed by atoms with Gasteiger partial charge < -0.3 is 15.2 Å². The minimum atomic E-state index is -1.03. The van der Waals surface area contributed by atoms with Crippen LogP contribution in [0.4, 0.5) is 0 Å². The predicted octanol–water partition coefficient (Wildman–Crippen LogP) is 1.80. The molecule has 18 heavy (non-hydrogen) atoms. The fourth-order valence-corrected chi connectivity index (χ4v) is 1.75. The Bertz CT molecular complexity index is 485. The minimum absolute atomic E-state index is 0.113. The summed E-state index contributed by atoms with van der Waals surface area (Å²) in [5.74, 6) is -0.874. The molecule has 2 N–H and O–H groups in total. The molecule has 5 nitrogen and oxygen atoms in total. The van der Waals surface area contributed by atoms with Crippen LogP contribution in [0.1, 0.15) is 23.2 Å². The number of carboxylic acids is 1. The third-order valence-corrected chi connectivity index (χ3v) is 3.13. The standard InChI is InChI=1S/C12H12BrNO4/c13-9-4-1-7(12(16)17)5-10(9)18-6-11(15)14-8-2-3-8/h1,4-5,8H,2-3,6H2,(H,14,15)(H,16,17). The lowest BCUT2D eigenvalue weighted by atomic mass is 10.2. The van der Waals surface area contributed by atoms with Crippen LogP contribution in [0.15, 0.2) is 22.7 Å². The topological polar surface area (TPSA) is 75.6 Å². The number of hydrogen-bond donors (Lipinski definition) is 2. The molecule has 1 aliphatic carbocycles. The van der Waals surface area contributed by atoms with Crippen molar-refractivity contribution in [2.24, 2.45) is 0 Å². The first kappa shape index (κ1) is 12.9. The van der Waals surface area contributed by atoms with E-state index in [9.17, 15) is 9.59 Å². The predicted molar refractivity (Wildman–Crippen MR) is 67.8 cm³/mol. The van der Waals surface area contributed by atoms with Gasteiger partial charge in [0.15, 0.2) is 6.61 Å². The van der Waals surface area contributed by atoms with Gasteiger partial charge in [-0.25, -0.2) is 4.79 Å². The van der Waals surface area contributed by atoms with Gasteiger partial charge in [-0.3, -0.25) is 4.79 Å². The Morgan fingerprint density at radius 1 is 1.44 bits per heavy atom. The zero-order chi connectivity index (χ0) is 13.1. The van der Waals surface area contributed by atoms with Crippen LogP contribution in [-0.2, 0) is 4.79 Å². The molecule has 0 heterocycles. The quantitative estimate of drug-likeness (QED) is 0.869. The number of carboxylic acid groups (broad SMARTS) is 1. The third-order valence-electron chi connectivity index (χ3n) is 2.48. The number of halogens is 1. The van der Waals surface area contributed by atoms with E-state index in [1.54, 1.807) is 6.07 Å². The van der Waals surface area contributed by atoms with E-state index in [1.807, 2.05) is 0 Å². The van der Waals surface area contributed by atoms with Gasteiger partial charge in [0.1, 0.15) is 5.75 Å². The van der Waals surface area contributed by atoms with Gasteiger partial charge in [-0.1, -0.05) is 0 Å². The molecule has 0 radical (unpaired) electrons. The van der Waals surface area contributed by atoms with Crippen molar-refractivity contribution < 1.29 is 19.4 Å². The molecule has 1 aliphatic rings. The molecular formula is C12H12BrNO4. The van der Waals surface area contributed by atoms with Crippen molar-refractivity contribution >= 4 is 27.8 Å². The van der Waals surface area contributed by atoms with Crippen molar-refractivity contribution in [3.63, 3.8) is 0 Å². The Morgan fingerprint density at radius 2 is 2.17 bits per heavy atom. The lowest BCUT2D eigenvalue weighted by Crippen LogP contribution is -2.30. The Labute approximate surface area is 112 Å². The summed E-state index contributed by atoms with van der Waals surface area (Å²) in [5, 5.41) is 11.6. The van der Waals surface area contributed by atoms with Crippen LogP contribution in [0.5, 0.6) is 5.75 Å². The lowest BCUT2D eigenvalue weighted by molar-refractivity contribution is -0.123. The van der Waals surface area contributed by atoms with E-state index in [0.717, 1.165) is 12.8 Å². The molecule has 2 rings (SSSR count). The molecule has 0 atom stereocenters. The van der Waals surface area contributed by atoms with Crippen LogP contribution < -0.4 is 10.1 Å². The third kappa shape index (κ3) is 3.46. The molecule has 1 saturated carbocycles. The monoisotopic (exact) mass is 313 g/mol. The highest BCUT2D eigenvalue weighted by molar-refractivity contribution is 9.10. The van der Waals surface area contributed by atoms with Crippen LogP contribution in [0.3, 0.4) is 0 Å². The van der Waals surface area contributed by atoms with E-state index in [2.05, 4.69) is 21.2 Å². The Hall–Kier alpha value is -1.56. The largest absolute Gasteiger partial charge is 0.483 e. The highest BCUT2D eigenvalue weighted by atomic mass is 79.9. The number of rotatable bonds is 5. The lowest BCUT2D eigenvalue weighted by Gasteiger charge is -2.09. The Morgan fingerprint density at radius 3 is 2.78 bits per heavy atom. The number of carbonyl (C=O) groups excluding carboxylic acids is 1. The number of hydrogen-bond acceptors (Lipinski definition) is 3. The number of aromatic carboxylic acids is 1. The second-order valence-corrected chi connectivity index (χ2v) is 4.94. The summed E-state index contributed by atoms with van der Waals surface area (Å²) in [6.45, 7) is -0.113. The molecule has 0 saturated heterocycles. The van der Waals surface area contributed by atoms with Crippen LogP contribution in [0, 0.1) is 0 Å². The summed E-state index contributed by atoms with van der Waals surface area (Å²) >= 11 is 3.24. The SMILES string of the molecule is O=C(COc1cc(C(=O)O)ccc1Br)NC1CC1. The first-order valence-electron chi connectivity index (χ1n) is 5.51. The van der Waals surface area contributed by atoms with E-state index in [-0.39, 0.29) is 24.1 Å². The Kier molecular flexibility index (Phi) is 3.86. The zero-order valence-electron chi connectivity index (χ0n) is 9.48. The molecule has 1 aromatic rings. The van der Waals surface area contributed by atoms with E-state index in [0.29, 0.717) is 10.2 Å². The second kappa shape index (κ2) is 5.39. The number of nitrogens with one attached hydrogen (secondary N) is 1. The summed E-state index contributed by atoms with van der Waals surface area (Å²) < 4.78 is 5.91. The molecule has 0 unspecified atom stereocenters. The maximum atomic E-state index is 11.4. The molecule has 1 aromatic carbocycles. The fraction of sp³-hybridized carbons (Fsp3) is 0.333. The number of amides is 1. The fourth-order valence-electron chi connectivity index (χ4n) is 1.39. The van der Waals surface area contributed by atoms with E-state index in [4.69, 9.17) is 9.84 Å². The molecule has 96 valence electrons. The summed E-state index contributed by atoms with van der Waals surface area (Å²) in [6, 6.07) is 4.72. The van der Waals surface area contributed by atoms with Crippen molar-refractivity contribution in [3.05, 3.63) is 28.2 Å². The molecule has 0 bridgehead atoms. The van der Waals surface area contributed by atoms with Crippen molar-refractivity contribution in [1.29, 1.82) is 0 Å². The maximum Gasteiger partial charge on any atom is 0.335 e. The Balaban J connectivity index is 1.96. The second-order valence-electron chi connectivity index (χ2n) is 4.08. The van der Waals surface area contributed by atoms with Crippen LogP contribution in [0.2, 0.25) is 0 Å². The number of carbonyl (C=O) groups is 2. The highest BCUT2D eigenvalue weighted by Crippen LogP contribution is 2.26. The van der Waals surface area contributed by atoms with Crippen molar-refractivity contribution in [1.82, 2.24) is 5.32 Å². The van der Waals surface area contributed by atoms with Gasteiger partial charge in [-0.05, 0) is 47.0 Å². The van der Waals surface area contributed by atoms with E-state index < -0.39 is 5.97 Å². The molecular weight excluding hydrogens is 302 g/mol. The molecule has 0 spiro atoms. The summed E-state index contributed by atoms with van der Waals surface area (Å²) in [7, 11) is 0. The molecule has 1 amide bonds. The summed E-state index contributed by atoms with van der Waals surface area (Å²) in [5.41, 5.74) is 0.121. The minimum Gasteiger partial charge on any atom is -0.483 e. The molecule has 0 aromatic heterocycles. The van der Waals surface area contributed by atoms with Gasteiger partial charge in [0.05, 0.1) is 10.0 Å². The molecule has 1 fully saturated rings. The van der Waals surface area contributed by atoms with Crippen molar-refractivity contribution in [3.8, 4) is 5.75 Å². The van der Waals surface area contributed by atoms with Gasteiger partial charge in [0.25, 0.3) is 5.91 Å². The van der Waals surface area contributed by atoms with Gasteiger partial charge in [-0.2, -0.15) is 0 Å². The van der Waals surface area contributed by atoms with Gasteiger partial charge in [0, 0.05) is 6.04 Å². The number of benzene rings is 1. The average molecular weight is 314 g/mol.